The predicted molar refractivity (Wildman–Crippen MR) is 116 cm³/mol. The van der Waals surface area contributed by atoms with E-state index in [-0.39, 0.29) is 30.4 Å². The van der Waals surface area contributed by atoms with Crippen molar-refractivity contribution in [2.45, 2.75) is 45.7 Å². The second kappa shape index (κ2) is 9.79. The van der Waals surface area contributed by atoms with Gasteiger partial charge in [0.15, 0.2) is 6.61 Å². The number of benzene rings is 2. The Kier molecular flexibility index (Phi) is 7.68. The van der Waals surface area contributed by atoms with Crippen molar-refractivity contribution >= 4 is 23.4 Å². The first kappa shape index (κ1) is 22.8. The fraction of sp³-hybridized carbons (Fsp3) is 0.391. The van der Waals surface area contributed by atoms with Gasteiger partial charge in [-0.1, -0.05) is 56.6 Å². The molecular weight excluding hydrogens is 388 g/mol. The van der Waals surface area contributed by atoms with Crippen molar-refractivity contribution in [1.82, 2.24) is 10.2 Å². The first-order valence-electron chi connectivity index (χ1n) is 9.60. The summed E-state index contributed by atoms with van der Waals surface area (Å²) in [6.45, 7) is 8.22. The van der Waals surface area contributed by atoms with Gasteiger partial charge in [0.2, 0.25) is 5.91 Å². The highest BCUT2D eigenvalue weighted by Crippen LogP contribution is 2.24. The van der Waals surface area contributed by atoms with E-state index >= 15 is 0 Å². The van der Waals surface area contributed by atoms with E-state index in [1.54, 1.807) is 26.1 Å². The standard InChI is InChI=1S/C23H29ClN2O3/c1-16(22(28)25-5)26(14-17-7-6-8-19(24)13-17)21(27)15-29-20-11-9-18(10-12-20)23(2,3)4/h6-13,16H,14-15H2,1-5H3,(H,25,28)/t16-/m1/s1. The molecule has 0 bridgehead atoms. The number of rotatable bonds is 7. The van der Waals surface area contributed by atoms with Gasteiger partial charge in [-0.15, -0.1) is 0 Å². The average molecular weight is 417 g/mol. The maximum Gasteiger partial charge on any atom is 0.261 e. The molecule has 0 aromatic heterocycles. The first-order chi connectivity index (χ1) is 13.6. The van der Waals surface area contributed by atoms with Crippen molar-refractivity contribution in [3.8, 4) is 5.75 Å². The lowest BCUT2D eigenvalue weighted by molar-refractivity contribution is -0.142. The Balaban J connectivity index is 2.11. The van der Waals surface area contributed by atoms with Gasteiger partial charge in [0.25, 0.3) is 5.91 Å². The van der Waals surface area contributed by atoms with Gasteiger partial charge in [-0.2, -0.15) is 0 Å². The Morgan fingerprint density at radius 3 is 2.34 bits per heavy atom. The molecule has 2 amide bonds. The van der Waals surface area contributed by atoms with Crippen LogP contribution in [0.4, 0.5) is 0 Å². The van der Waals surface area contributed by atoms with Crippen molar-refractivity contribution in [2.75, 3.05) is 13.7 Å². The molecule has 0 spiro atoms. The van der Waals surface area contributed by atoms with E-state index in [1.165, 1.54) is 10.5 Å². The van der Waals surface area contributed by atoms with E-state index in [0.717, 1.165) is 5.56 Å². The minimum Gasteiger partial charge on any atom is -0.484 e. The molecule has 2 rings (SSSR count). The highest BCUT2D eigenvalue weighted by Gasteiger charge is 2.26. The number of halogens is 1. The van der Waals surface area contributed by atoms with Crippen LogP contribution in [-0.2, 0) is 21.5 Å². The molecule has 156 valence electrons. The zero-order valence-corrected chi connectivity index (χ0v) is 18.4. The number of nitrogens with one attached hydrogen (secondary N) is 1. The molecule has 1 N–H and O–H groups in total. The third-order valence-corrected chi connectivity index (χ3v) is 4.97. The van der Waals surface area contributed by atoms with E-state index in [2.05, 4.69) is 26.1 Å². The predicted octanol–water partition coefficient (Wildman–Crippen LogP) is 4.18. The number of ether oxygens (including phenoxy) is 1. The van der Waals surface area contributed by atoms with Crippen LogP contribution in [-0.4, -0.2) is 36.4 Å². The van der Waals surface area contributed by atoms with Crippen LogP contribution < -0.4 is 10.1 Å². The molecule has 1 atom stereocenters. The number of hydrogen-bond donors (Lipinski definition) is 1. The smallest absolute Gasteiger partial charge is 0.261 e. The molecule has 2 aromatic carbocycles. The van der Waals surface area contributed by atoms with Gasteiger partial charge in [-0.05, 0) is 47.7 Å². The number of hydrogen-bond acceptors (Lipinski definition) is 3. The molecule has 0 fully saturated rings. The minimum atomic E-state index is -0.640. The number of amides is 2. The van der Waals surface area contributed by atoms with Crippen molar-refractivity contribution in [1.29, 1.82) is 0 Å². The molecule has 0 aliphatic heterocycles. The summed E-state index contributed by atoms with van der Waals surface area (Å²) in [5.41, 5.74) is 2.08. The number of carbonyl (C=O) groups is 2. The molecule has 0 saturated carbocycles. The van der Waals surface area contributed by atoms with E-state index in [0.29, 0.717) is 10.8 Å². The van der Waals surface area contributed by atoms with Gasteiger partial charge in [0.05, 0.1) is 0 Å². The van der Waals surface area contributed by atoms with Crippen LogP contribution in [0.25, 0.3) is 0 Å². The normalized spacial score (nSPS) is 12.2. The van der Waals surface area contributed by atoms with Crippen molar-refractivity contribution in [2.24, 2.45) is 0 Å². The van der Waals surface area contributed by atoms with Crippen LogP contribution >= 0.6 is 11.6 Å². The van der Waals surface area contributed by atoms with Crippen LogP contribution in [0.1, 0.15) is 38.8 Å². The zero-order valence-electron chi connectivity index (χ0n) is 17.7. The van der Waals surface area contributed by atoms with E-state index < -0.39 is 6.04 Å². The average Bonchev–Trinajstić information content (AvgIpc) is 2.68. The second-order valence-corrected chi connectivity index (χ2v) is 8.44. The maximum atomic E-state index is 12.9. The third kappa shape index (κ3) is 6.50. The summed E-state index contributed by atoms with van der Waals surface area (Å²) in [6, 6.07) is 14.3. The first-order valence-corrected chi connectivity index (χ1v) is 9.98. The van der Waals surface area contributed by atoms with Crippen LogP contribution in [0, 0.1) is 0 Å². The fourth-order valence-corrected chi connectivity index (χ4v) is 3.12. The number of nitrogens with zero attached hydrogens (tertiary/aromatic N) is 1. The Morgan fingerprint density at radius 1 is 1.14 bits per heavy atom. The molecule has 0 heterocycles. The van der Waals surface area contributed by atoms with Crippen molar-refractivity contribution in [3.63, 3.8) is 0 Å². The van der Waals surface area contributed by atoms with Gasteiger partial charge < -0.3 is 15.0 Å². The SMILES string of the molecule is CNC(=O)[C@@H](C)N(Cc1cccc(Cl)c1)C(=O)COc1ccc(C(C)(C)C)cc1. The molecule has 0 aliphatic carbocycles. The molecule has 0 radical (unpaired) electrons. The Hall–Kier alpha value is -2.53. The van der Waals surface area contributed by atoms with Gasteiger partial charge in [0.1, 0.15) is 11.8 Å². The third-order valence-electron chi connectivity index (χ3n) is 4.74. The van der Waals surface area contributed by atoms with E-state index in [9.17, 15) is 9.59 Å². The van der Waals surface area contributed by atoms with E-state index in [1.807, 2.05) is 36.4 Å². The molecule has 6 heteroatoms. The summed E-state index contributed by atoms with van der Waals surface area (Å²) >= 11 is 6.06. The highest BCUT2D eigenvalue weighted by molar-refractivity contribution is 6.30. The topological polar surface area (TPSA) is 58.6 Å². The van der Waals surface area contributed by atoms with Gasteiger partial charge in [-0.3, -0.25) is 9.59 Å². The monoisotopic (exact) mass is 416 g/mol. The second-order valence-electron chi connectivity index (χ2n) is 8.00. The van der Waals surface area contributed by atoms with Gasteiger partial charge >= 0.3 is 0 Å². The quantitative estimate of drug-likeness (QED) is 0.736. The molecule has 2 aromatic rings. The Morgan fingerprint density at radius 2 is 1.79 bits per heavy atom. The fourth-order valence-electron chi connectivity index (χ4n) is 2.90. The number of likely N-dealkylation sites (N-methyl/N-ethyl adjacent to an activating group) is 1. The van der Waals surface area contributed by atoms with Crippen molar-refractivity contribution in [3.05, 3.63) is 64.7 Å². The lowest BCUT2D eigenvalue weighted by Crippen LogP contribution is -2.48. The summed E-state index contributed by atoms with van der Waals surface area (Å²) in [7, 11) is 1.55. The largest absolute Gasteiger partial charge is 0.484 e. The van der Waals surface area contributed by atoms with Crippen LogP contribution in [0.3, 0.4) is 0 Å². The lowest BCUT2D eigenvalue weighted by atomic mass is 9.87. The zero-order chi connectivity index (χ0) is 21.6. The summed E-state index contributed by atoms with van der Waals surface area (Å²) in [4.78, 5) is 26.5. The summed E-state index contributed by atoms with van der Waals surface area (Å²) in [6.07, 6.45) is 0. The summed E-state index contributed by atoms with van der Waals surface area (Å²) < 4.78 is 5.69. The number of carbonyl (C=O) groups excluding carboxylic acids is 2. The molecule has 29 heavy (non-hydrogen) atoms. The molecule has 5 nitrogen and oxygen atoms in total. The Bertz CT molecular complexity index is 844. The van der Waals surface area contributed by atoms with Crippen LogP contribution in [0.5, 0.6) is 5.75 Å². The molecule has 0 unspecified atom stereocenters. The van der Waals surface area contributed by atoms with Gasteiger partial charge in [-0.25, -0.2) is 0 Å². The lowest BCUT2D eigenvalue weighted by Gasteiger charge is -2.28. The van der Waals surface area contributed by atoms with Gasteiger partial charge in [0, 0.05) is 18.6 Å². The van der Waals surface area contributed by atoms with Crippen LogP contribution in [0.15, 0.2) is 48.5 Å². The maximum absolute atomic E-state index is 12.9. The van der Waals surface area contributed by atoms with Crippen molar-refractivity contribution < 1.29 is 14.3 Å². The Labute approximate surface area is 178 Å². The summed E-state index contributed by atoms with van der Waals surface area (Å²) in [5, 5.41) is 3.17. The van der Waals surface area contributed by atoms with Crippen LogP contribution in [0.2, 0.25) is 5.02 Å². The molecular formula is C23H29ClN2O3. The molecule has 0 saturated heterocycles. The summed E-state index contributed by atoms with van der Waals surface area (Å²) in [5.74, 6) is 0.0949. The van der Waals surface area contributed by atoms with E-state index in [4.69, 9.17) is 16.3 Å². The highest BCUT2D eigenvalue weighted by atomic mass is 35.5. The minimum absolute atomic E-state index is 0.0467. The molecule has 0 aliphatic rings.